The van der Waals surface area contributed by atoms with Gasteiger partial charge in [-0.25, -0.2) is 4.79 Å². The van der Waals surface area contributed by atoms with E-state index in [4.69, 9.17) is 4.74 Å². The molecule has 2 N–H and O–H groups in total. The van der Waals surface area contributed by atoms with E-state index in [1.165, 1.54) is 0 Å². The average Bonchev–Trinajstić information content (AvgIpc) is 2.38. The summed E-state index contributed by atoms with van der Waals surface area (Å²) in [5.74, 6) is 0. The van der Waals surface area contributed by atoms with E-state index < -0.39 is 0 Å². The van der Waals surface area contributed by atoms with Crippen LogP contribution in [0.4, 0.5) is 4.79 Å². The molecule has 2 aliphatic heterocycles. The molecule has 2 saturated heterocycles. The SMILES string of the molecule is O=C1NCCCN1CCCOC1CCNCC1. The van der Waals surface area contributed by atoms with Gasteiger partial charge in [0.15, 0.2) is 0 Å². The maximum Gasteiger partial charge on any atom is 0.317 e. The third-order valence-electron chi connectivity index (χ3n) is 3.38. The number of hydrogen-bond donors (Lipinski definition) is 2. The number of amides is 2. The topological polar surface area (TPSA) is 53.6 Å². The standard InChI is InChI=1S/C12H23N3O2/c16-12-14-5-1-8-15(12)9-2-10-17-11-3-6-13-7-4-11/h11,13H,1-10H2,(H,14,16). The summed E-state index contributed by atoms with van der Waals surface area (Å²) in [7, 11) is 0. The lowest BCUT2D eigenvalue weighted by Gasteiger charge is -2.28. The van der Waals surface area contributed by atoms with Crippen molar-refractivity contribution in [1.82, 2.24) is 15.5 Å². The molecule has 0 spiro atoms. The monoisotopic (exact) mass is 241 g/mol. The molecule has 5 heteroatoms. The first-order chi connectivity index (χ1) is 8.36. The summed E-state index contributed by atoms with van der Waals surface area (Å²) >= 11 is 0. The lowest BCUT2D eigenvalue weighted by molar-refractivity contribution is 0.0287. The largest absolute Gasteiger partial charge is 0.378 e. The van der Waals surface area contributed by atoms with Gasteiger partial charge in [0.05, 0.1) is 6.10 Å². The van der Waals surface area contributed by atoms with Crippen molar-refractivity contribution < 1.29 is 9.53 Å². The number of carbonyl (C=O) groups is 1. The molecule has 5 nitrogen and oxygen atoms in total. The van der Waals surface area contributed by atoms with Crippen LogP contribution in [0.1, 0.15) is 25.7 Å². The number of nitrogens with zero attached hydrogens (tertiary/aromatic N) is 1. The van der Waals surface area contributed by atoms with Crippen LogP contribution in [0.2, 0.25) is 0 Å². The van der Waals surface area contributed by atoms with Crippen molar-refractivity contribution in [2.24, 2.45) is 0 Å². The second-order valence-electron chi connectivity index (χ2n) is 4.75. The van der Waals surface area contributed by atoms with E-state index in [1.807, 2.05) is 4.90 Å². The Kier molecular flexibility index (Phi) is 5.07. The van der Waals surface area contributed by atoms with Crippen molar-refractivity contribution in [1.29, 1.82) is 0 Å². The summed E-state index contributed by atoms with van der Waals surface area (Å²) in [6.07, 6.45) is 4.65. The summed E-state index contributed by atoms with van der Waals surface area (Å²) < 4.78 is 5.81. The zero-order chi connectivity index (χ0) is 11.9. The summed E-state index contributed by atoms with van der Waals surface area (Å²) in [6, 6.07) is 0.0816. The number of ether oxygens (including phenoxy) is 1. The molecule has 2 amide bonds. The van der Waals surface area contributed by atoms with Gasteiger partial charge in [-0.3, -0.25) is 0 Å². The maximum atomic E-state index is 11.5. The molecule has 0 radical (unpaired) electrons. The molecule has 2 fully saturated rings. The molecule has 0 aromatic heterocycles. The summed E-state index contributed by atoms with van der Waals surface area (Å²) in [6.45, 7) is 5.43. The fraction of sp³-hybridized carbons (Fsp3) is 0.917. The van der Waals surface area contributed by atoms with Crippen molar-refractivity contribution in [3.8, 4) is 0 Å². The Morgan fingerprint density at radius 2 is 2.12 bits per heavy atom. The van der Waals surface area contributed by atoms with E-state index in [9.17, 15) is 4.79 Å². The number of rotatable bonds is 5. The molecule has 0 aromatic carbocycles. The molecule has 0 unspecified atom stereocenters. The van der Waals surface area contributed by atoms with Gasteiger partial charge in [-0.05, 0) is 38.8 Å². The lowest BCUT2D eigenvalue weighted by atomic mass is 10.1. The average molecular weight is 241 g/mol. The minimum absolute atomic E-state index is 0.0816. The first-order valence-corrected chi connectivity index (χ1v) is 6.71. The lowest BCUT2D eigenvalue weighted by Crippen LogP contribution is -2.46. The van der Waals surface area contributed by atoms with Crippen molar-refractivity contribution in [3.05, 3.63) is 0 Å². The van der Waals surface area contributed by atoms with Gasteiger partial charge < -0.3 is 20.3 Å². The van der Waals surface area contributed by atoms with Gasteiger partial charge >= 0.3 is 6.03 Å². The molecule has 0 bridgehead atoms. The molecule has 2 rings (SSSR count). The van der Waals surface area contributed by atoms with Crippen LogP contribution in [0.25, 0.3) is 0 Å². The van der Waals surface area contributed by atoms with Crippen LogP contribution in [0.15, 0.2) is 0 Å². The smallest absolute Gasteiger partial charge is 0.317 e. The van der Waals surface area contributed by atoms with Crippen molar-refractivity contribution >= 4 is 6.03 Å². The fourth-order valence-corrected chi connectivity index (χ4v) is 2.36. The highest BCUT2D eigenvalue weighted by molar-refractivity contribution is 5.74. The molecule has 17 heavy (non-hydrogen) atoms. The Balaban J connectivity index is 1.54. The highest BCUT2D eigenvalue weighted by Gasteiger charge is 2.17. The van der Waals surface area contributed by atoms with E-state index in [2.05, 4.69) is 10.6 Å². The highest BCUT2D eigenvalue weighted by atomic mass is 16.5. The first-order valence-electron chi connectivity index (χ1n) is 6.71. The first kappa shape index (κ1) is 12.6. The third-order valence-corrected chi connectivity index (χ3v) is 3.38. The van der Waals surface area contributed by atoms with E-state index in [-0.39, 0.29) is 6.03 Å². The minimum Gasteiger partial charge on any atom is -0.378 e. The van der Waals surface area contributed by atoms with E-state index >= 15 is 0 Å². The number of nitrogens with one attached hydrogen (secondary N) is 2. The Morgan fingerprint density at radius 3 is 2.88 bits per heavy atom. The maximum absolute atomic E-state index is 11.5. The second kappa shape index (κ2) is 6.81. The van der Waals surface area contributed by atoms with Gasteiger partial charge in [-0.15, -0.1) is 0 Å². The highest BCUT2D eigenvalue weighted by Crippen LogP contribution is 2.08. The van der Waals surface area contributed by atoms with Crippen molar-refractivity contribution in [3.63, 3.8) is 0 Å². The zero-order valence-corrected chi connectivity index (χ0v) is 10.4. The Labute approximate surface area is 103 Å². The van der Waals surface area contributed by atoms with Crippen LogP contribution in [0.3, 0.4) is 0 Å². The second-order valence-corrected chi connectivity index (χ2v) is 4.75. The summed E-state index contributed by atoms with van der Waals surface area (Å²) in [4.78, 5) is 13.3. The van der Waals surface area contributed by atoms with Gasteiger partial charge in [0.25, 0.3) is 0 Å². The summed E-state index contributed by atoms with van der Waals surface area (Å²) in [5.41, 5.74) is 0. The van der Waals surface area contributed by atoms with Gasteiger partial charge in [0, 0.05) is 26.2 Å². The number of carbonyl (C=O) groups excluding carboxylic acids is 1. The number of hydrogen-bond acceptors (Lipinski definition) is 3. The molecule has 98 valence electrons. The number of piperidine rings is 1. The van der Waals surface area contributed by atoms with Crippen LogP contribution >= 0.6 is 0 Å². The molecule has 0 saturated carbocycles. The minimum atomic E-state index is 0.0816. The molecule has 2 aliphatic rings. The number of urea groups is 1. The molecule has 0 atom stereocenters. The van der Waals surface area contributed by atoms with Crippen LogP contribution in [-0.4, -0.2) is 56.4 Å². The van der Waals surface area contributed by atoms with E-state index in [0.29, 0.717) is 6.10 Å². The van der Waals surface area contributed by atoms with Crippen molar-refractivity contribution in [2.45, 2.75) is 31.8 Å². The van der Waals surface area contributed by atoms with Gasteiger partial charge in [0.1, 0.15) is 0 Å². The van der Waals surface area contributed by atoms with E-state index in [0.717, 1.165) is 65.0 Å². The Hall–Kier alpha value is -0.810. The zero-order valence-electron chi connectivity index (χ0n) is 10.4. The molecule has 0 aliphatic carbocycles. The Morgan fingerprint density at radius 1 is 1.29 bits per heavy atom. The molecular formula is C12H23N3O2. The van der Waals surface area contributed by atoms with Gasteiger partial charge in [0.2, 0.25) is 0 Å². The Bertz CT molecular complexity index is 242. The quantitative estimate of drug-likeness (QED) is 0.692. The predicted octanol–water partition coefficient (Wildman–Crippen LogP) is 0.560. The summed E-state index contributed by atoms with van der Waals surface area (Å²) in [5, 5.41) is 6.18. The fourth-order valence-electron chi connectivity index (χ4n) is 2.36. The predicted molar refractivity (Wildman–Crippen MR) is 66.0 cm³/mol. The third kappa shape index (κ3) is 4.16. The van der Waals surface area contributed by atoms with Crippen LogP contribution < -0.4 is 10.6 Å². The van der Waals surface area contributed by atoms with Crippen LogP contribution in [0.5, 0.6) is 0 Å². The van der Waals surface area contributed by atoms with E-state index in [1.54, 1.807) is 0 Å². The molecule has 2 heterocycles. The molecular weight excluding hydrogens is 218 g/mol. The van der Waals surface area contributed by atoms with Gasteiger partial charge in [-0.1, -0.05) is 0 Å². The molecule has 0 aromatic rings. The van der Waals surface area contributed by atoms with Crippen LogP contribution in [0, 0.1) is 0 Å². The normalized spacial score (nSPS) is 22.6. The van der Waals surface area contributed by atoms with Crippen LogP contribution in [-0.2, 0) is 4.74 Å². The van der Waals surface area contributed by atoms with Crippen molar-refractivity contribution in [2.75, 3.05) is 39.3 Å². The van der Waals surface area contributed by atoms with Gasteiger partial charge in [-0.2, -0.15) is 0 Å².